The lowest BCUT2D eigenvalue weighted by molar-refractivity contribution is 0.612. The Morgan fingerprint density at radius 2 is 1.25 bits per heavy atom. The van der Waals surface area contributed by atoms with Crippen LogP contribution in [-0.2, 0) is 0 Å². The Labute approximate surface area is 328 Å². The molecule has 3 aromatic heterocycles. The summed E-state index contributed by atoms with van der Waals surface area (Å²) in [6, 6.07) is 58.3. The van der Waals surface area contributed by atoms with Gasteiger partial charge in [0, 0.05) is 52.8 Å². The van der Waals surface area contributed by atoms with Gasteiger partial charge in [-0.15, -0.1) is 0 Å². The molecule has 5 heteroatoms. The van der Waals surface area contributed by atoms with E-state index < -0.39 is 0 Å². The molecule has 0 amide bonds. The lowest BCUT2D eigenvalue weighted by atomic mass is 9.95. The number of pyridine rings is 1. The number of anilines is 3. The summed E-state index contributed by atoms with van der Waals surface area (Å²) in [6.07, 6.45) is 7.95. The second-order valence-electron chi connectivity index (χ2n) is 14.2. The second kappa shape index (κ2) is 14.5. The summed E-state index contributed by atoms with van der Waals surface area (Å²) in [5.74, 6) is 0.807. The van der Waals surface area contributed by atoms with Gasteiger partial charge in [0.2, 0.25) is 0 Å². The zero-order chi connectivity index (χ0) is 38.2. The van der Waals surface area contributed by atoms with Gasteiger partial charge in [-0.25, -0.2) is 9.55 Å². The first-order valence-corrected chi connectivity index (χ1v) is 19.1. The molecule has 0 atom stereocenters. The number of imidazole rings is 1. The van der Waals surface area contributed by atoms with E-state index in [0.29, 0.717) is 6.04 Å². The fourth-order valence-electron chi connectivity index (χ4n) is 7.99. The van der Waals surface area contributed by atoms with Crippen LogP contribution in [0.25, 0.3) is 67.8 Å². The van der Waals surface area contributed by atoms with E-state index in [1.807, 2.05) is 18.3 Å². The summed E-state index contributed by atoms with van der Waals surface area (Å²) in [5.41, 5.74) is 14.1. The number of aromatic nitrogens is 4. The minimum atomic E-state index is 0.322. The van der Waals surface area contributed by atoms with Gasteiger partial charge in [-0.1, -0.05) is 98.1 Å². The Bertz CT molecular complexity index is 2880. The van der Waals surface area contributed by atoms with Crippen molar-refractivity contribution in [1.29, 1.82) is 0 Å². The van der Waals surface area contributed by atoms with Gasteiger partial charge >= 0.3 is 0 Å². The highest BCUT2D eigenvalue weighted by Crippen LogP contribution is 2.41. The van der Waals surface area contributed by atoms with Gasteiger partial charge in [-0.3, -0.25) is 4.57 Å². The lowest BCUT2D eigenvalue weighted by Gasteiger charge is -2.25. The number of hydrogen-bond acceptors (Lipinski definition) is 2. The minimum absolute atomic E-state index is 0.322. The zero-order valence-electron chi connectivity index (χ0n) is 31.6. The summed E-state index contributed by atoms with van der Waals surface area (Å²) in [6.45, 7) is 13.0. The van der Waals surface area contributed by atoms with Crippen LogP contribution in [0.5, 0.6) is 0 Å². The van der Waals surface area contributed by atoms with Crippen molar-refractivity contribution in [3.63, 3.8) is 0 Å². The van der Waals surface area contributed by atoms with Crippen LogP contribution in [0.4, 0.5) is 17.1 Å². The van der Waals surface area contributed by atoms with E-state index in [2.05, 4.69) is 216 Å². The molecule has 0 spiro atoms. The van der Waals surface area contributed by atoms with Gasteiger partial charge in [0.15, 0.2) is 17.4 Å². The molecule has 0 aliphatic rings. The third-order valence-corrected chi connectivity index (χ3v) is 10.6. The summed E-state index contributed by atoms with van der Waals surface area (Å²) in [7, 11) is 0. The van der Waals surface area contributed by atoms with Crippen molar-refractivity contribution in [3.05, 3.63) is 201 Å². The standard InChI is InChI=1S/C51H42N5/c1-5-43-46-29-28-42(34-50(46)56(47(43)6-2)51-32-38(30-31-52-51)45-25-14-13-24-44(45)37-18-9-7-10-19-37)55(39-20-11-8-12-21-39)41-23-17-22-40(33-41)54-35-53(36(3)4)48-26-15-16-27-49(48)54/h5-36H,1-2H2,3-4H3/q+1. The highest BCUT2D eigenvalue weighted by atomic mass is 15.2. The molecule has 0 saturated heterocycles. The van der Waals surface area contributed by atoms with Crippen LogP contribution in [0.15, 0.2) is 189 Å². The van der Waals surface area contributed by atoms with E-state index in [-0.39, 0.29) is 0 Å². The van der Waals surface area contributed by atoms with Crippen LogP contribution in [0.2, 0.25) is 0 Å². The number of benzene rings is 6. The van der Waals surface area contributed by atoms with E-state index in [4.69, 9.17) is 4.98 Å². The van der Waals surface area contributed by atoms with Gasteiger partial charge in [-0.2, -0.15) is 4.57 Å². The number of nitrogens with zero attached hydrogens (tertiary/aromatic N) is 5. The van der Waals surface area contributed by atoms with E-state index in [1.54, 1.807) is 0 Å². The van der Waals surface area contributed by atoms with Crippen molar-refractivity contribution in [2.24, 2.45) is 0 Å². The molecule has 0 saturated carbocycles. The first-order chi connectivity index (χ1) is 27.5. The van der Waals surface area contributed by atoms with E-state index in [0.717, 1.165) is 61.9 Å². The smallest absolute Gasteiger partial charge is 0.191 e. The largest absolute Gasteiger partial charge is 0.309 e. The summed E-state index contributed by atoms with van der Waals surface area (Å²) >= 11 is 0. The fraction of sp³-hybridized carbons (Fsp3) is 0.0588. The Balaban J connectivity index is 1.22. The van der Waals surface area contributed by atoms with Crippen molar-refractivity contribution in [3.8, 4) is 33.8 Å². The fourth-order valence-corrected chi connectivity index (χ4v) is 7.99. The highest BCUT2D eigenvalue weighted by molar-refractivity contribution is 5.98. The van der Waals surface area contributed by atoms with Crippen LogP contribution in [0.3, 0.4) is 0 Å². The molecule has 6 aromatic carbocycles. The molecule has 0 radical (unpaired) electrons. The number of para-hydroxylation sites is 3. The van der Waals surface area contributed by atoms with Crippen LogP contribution < -0.4 is 4.90 Å². The van der Waals surface area contributed by atoms with Gasteiger partial charge < -0.3 is 4.90 Å². The Kier molecular flexibility index (Phi) is 8.96. The monoisotopic (exact) mass is 724 g/mol. The maximum atomic E-state index is 4.98. The molecule has 56 heavy (non-hydrogen) atoms. The average molecular weight is 725 g/mol. The SMILES string of the molecule is C=Cc1c(C=C)n(-c2cc(-c3ccccc3-c3ccccc3)ccn2)c2cc(N(c3ccccc3)c3cccc(-n4[cH+]n(C(C)C)c5ccccc54)c3)ccc12. The Hall–Kier alpha value is -7.24. The molecule has 0 aliphatic heterocycles. The third kappa shape index (κ3) is 6.00. The maximum Gasteiger partial charge on any atom is 0.191 e. The number of fused-ring (bicyclic) bond motifs is 2. The molecular weight excluding hydrogens is 683 g/mol. The van der Waals surface area contributed by atoms with Crippen LogP contribution in [0, 0.1) is 0 Å². The summed E-state index contributed by atoms with van der Waals surface area (Å²) < 4.78 is 6.84. The second-order valence-corrected chi connectivity index (χ2v) is 14.2. The van der Waals surface area contributed by atoms with Gasteiger partial charge in [0.05, 0.1) is 22.9 Å². The van der Waals surface area contributed by atoms with E-state index >= 15 is 0 Å². The number of rotatable bonds is 10. The molecule has 9 aromatic rings. The molecule has 0 fully saturated rings. The molecule has 0 unspecified atom stereocenters. The molecule has 270 valence electrons. The predicted octanol–water partition coefficient (Wildman–Crippen LogP) is 13.7. The van der Waals surface area contributed by atoms with Crippen molar-refractivity contribution < 1.29 is 0 Å². The van der Waals surface area contributed by atoms with Crippen molar-refractivity contribution >= 4 is 51.2 Å². The van der Waals surface area contributed by atoms with Crippen molar-refractivity contribution in [2.45, 2.75) is 19.9 Å². The molecular formula is C51H42N5+. The van der Waals surface area contributed by atoms with E-state index in [9.17, 15) is 0 Å². The summed E-state index contributed by atoms with van der Waals surface area (Å²) in [5, 5.41) is 1.08. The van der Waals surface area contributed by atoms with Gasteiger partial charge in [0.1, 0.15) is 11.5 Å². The molecule has 0 N–H and O–H groups in total. The minimum Gasteiger partial charge on any atom is -0.309 e. The lowest BCUT2D eigenvalue weighted by Crippen LogP contribution is -2.10. The first kappa shape index (κ1) is 34.5. The molecule has 0 aliphatic carbocycles. The average Bonchev–Trinajstić information content (AvgIpc) is 3.81. The molecule has 0 bridgehead atoms. The van der Waals surface area contributed by atoms with Gasteiger partial charge in [-0.05, 0) is 103 Å². The van der Waals surface area contributed by atoms with Crippen molar-refractivity contribution in [1.82, 2.24) is 18.7 Å². The Morgan fingerprint density at radius 3 is 1.98 bits per heavy atom. The van der Waals surface area contributed by atoms with Crippen LogP contribution in [-0.4, -0.2) is 18.7 Å². The van der Waals surface area contributed by atoms with Gasteiger partial charge in [0.25, 0.3) is 0 Å². The zero-order valence-corrected chi connectivity index (χ0v) is 31.6. The molecule has 5 nitrogen and oxygen atoms in total. The van der Waals surface area contributed by atoms with Crippen LogP contribution >= 0.6 is 0 Å². The number of hydrogen-bond donors (Lipinski definition) is 0. The highest BCUT2D eigenvalue weighted by Gasteiger charge is 2.23. The topological polar surface area (TPSA) is 30.9 Å². The predicted molar refractivity (Wildman–Crippen MR) is 236 cm³/mol. The molecule has 3 heterocycles. The Morgan fingerprint density at radius 1 is 0.589 bits per heavy atom. The van der Waals surface area contributed by atoms with E-state index in [1.165, 1.54) is 22.2 Å². The molecule has 9 rings (SSSR count). The first-order valence-electron chi connectivity index (χ1n) is 19.1. The third-order valence-electron chi connectivity index (χ3n) is 10.6. The quantitative estimate of drug-likeness (QED) is 0.132. The summed E-state index contributed by atoms with van der Waals surface area (Å²) in [4.78, 5) is 7.30. The van der Waals surface area contributed by atoms with Crippen molar-refractivity contribution in [2.75, 3.05) is 4.90 Å². The van der Waals surface area contributed by atoms with Crippen LogP contribution in [0.1, 0.15) is 31.1 Å². The maximum absolute atomic E-state index is 4.98. The normalized spacial score (nSPS) is 11.3.